The third kappa shape index (κ3) is 3.61. The van der Waals surface area contributed by atoms with E-state index in [4.69, 9.17) is 16.6 Å². The van der Waals surface area contributed by atoms with E-state index in [1.165, 1.54) is 4.70 Å². The number of anilines is 1. The van der Waals surface area contributed by atoms with Gasteiger partial charge >= 0.3 is 0 Å². The van der Waals surface area contributed by atoms with Crippen LogP contribution in [0.25, 0.3) is 10.2 Å². The number of halogens is 1. The van der Waals surface area contributed by atoms with Crippen LogP contribution in [0, 0.1) is 6.92 Å². The van der Waals surface area contributed by atoms with E-state index in [1.807, 2.05) is 37.3 Å². The van der Waals surface area contributed by atoms with Crippen molar-refractivity contribution in [1.29, 1.82) is 0 Å². The molecule has 6 heteroatoms. The van der Waals surface area contributed by atoms with Crippen LogP contribution in [-0.2, 0) is 4.79 Å². The van der Waals surface area contributed by atoms with Crippen molar-refractivity contribution in [3.05, 3.63) is 58.1 Å². The van der Waals surface area contributed by atoms with Crippen LogP contribution in [0.2, 0.25) is 5.02 Å². The fraction of sp³-hybridized carbons (Fsp3) is 0.300. The second kappa shape index (κ2) is 7.35. The van der Waals surface area contributed by atoms with Crippen molar-refractivity contribution in [2.24, 2.45) is 0 Å². The Balaban J connectivity index is 1.48. The molecule has 1 N–H and O–H groups in total. The van der Waals surface area contributed by atoms with Gasteiger partial charge in [-0.15, -0.1) is 11.3 Å². The molecule has 1 fully saturated rings. The first-order valence-electron chi connectivity index (χ1n) is 8.76. The summed E-state index contributed by atoms with van der Waals surface area (Å²) in [5.41, 5.74) is 2.82. The molecule has 4 nitrogen and oxygen atoms in total. The molecule has 0 saturated carbocycles. The molecule has 0 aliphatic carbocycles. The summed E-state index contributed by atoms with van der Waals surface area (Å²) in [7, 11) is 0. The first-order valence-corrected chi connectivity index (χ1v) is 9.95. The van der Waals surface area contributed by atoms with Crippen molar-refractivity contribution in [3.8, 4) is 0 Å². The SMILES string of the molecule is Cc1ccc(Cl)cc1NC(=O)CN1CCCC1c1nc2ccccc2s1. The standard InChI is InChI=1S/C20H20ClN3OS/c1-13-8-9-14(21)11-16(13)22-19(25)12-24-10-4-6-17(24)20-23-15-5-2-3-7-18(15)26-20/h2-3,5,7-9,11,17H,4,6,10,12H2,1H3,(H,22,25). The molecule has 1 saturated heterocycles. The maximum atomic E-state index is 12.6. The number of hydrogen-bond acceptors (Lipinski definition) is 4. The smallest absolute Gasteiger partial charge is 0.238 e. The molecule has 0 radical (unpaired) electrons. The van der Waals surface area contributed by atoms with Gasteiger partial charge in [0, 0.05) is 10.7 Å². The van der Waals surface area contributed by atoms with E-state index in [-0.39, 0.29) is 11.9 Å². The minimum Gasteiger partial charge on any atom is -0.325 e. The van der Waals surface area contributed by atoms with Crippen LogP contribution in [0.15, 0.2) is 42.5 Å². The summed E-state index contributed by atoms with van der Waals surface area (Å²) in [5, 5.41) is 4.73. The van der Waals surface area contributed by atoms with Crippen LogP contribution in [-0.4, -0.2) is 28.9 Å². The van der Waals surface area contributed by atoms with Crippen LogP contribution in [0.3, 0.4) is 0 Å². The molecule has 2 heterocycles. The monoisotopic (exact) mass is 385 g/mol. The highest BCUT2D eigenvalue weighted by molar-refractivity contribution is 7.18. The lowest BCUT2D eigenvalue weighted by Crippen LogP contribution is -2.33. The first kappa shape index (κ1) is 17.5. The third-order valence-corrected chi connectivity index (χ3v) is 6.15. The van der Waals surface area contributed by atoms with Gasteiger partial charge in [0.15, 0.2) is 0 Å². The number of amides is 1. The Morgan fingerprint density at radius 3 is 3.04 bits per heavy atom. The lowest BCUT2D eigenvalue weighted by Gasteiger charge is -2.22. The maximum Gasteiger partial charge on any atom is 0.238 e. The molecule has 4 rings (SSSR count). The van der Waals surface area contributed by atoms with Crippen molar-refractivity contribution < 1.29 is 4.79 Å². The van der Waals surface area contributed by atoms with E-state index in [2.05, 4.69) is 16.3 Å². The predicted octanol–water partition coefficient (Wildman–Crippen LogP) is 5.03. The van der Waals surface area contributed by atoms with Crippen LogP contribution >= 0.6 is 22.9 Å². The second-order valence-corrected chi connectivity index (χ2v) is 8.15. The average molecular weight is 386 g/mol. The molecule has 0 spiro atoms. The molecule has 1 aliphatic heterocycles. The summed E-state index contributed by atoms with van der Waals surface area (Å²) < 4.78 is 1.20. The number of nitrogens with one attached hydrogen (secondary N) is 1. The molecule has 1 atom stereocenters. The van der Waals surface area contributed by atoms with Crippen molar-refractivity contribution >= 4 is 44.7 Å². The van der Waals surface area contributed by atoms with E-state index < -0.39 is 0 Å². The Bertz CT molecular complexity index is 922. The van der Waals surface area contributed by atoms with Crippen molar-refractivity contribution in [2.45, 2.75) is 25.8 Å². The molecule has 134 valence electrons. The normalized spacial score (nSPS) is 17.7. The predicted molar refractivity (Wildman–Crippen MR) is 108 cm³/mol. The first-order chi connectivity index (χ1) is 12.6. The van der Waals surface area contributed by atoms with E-state index in [0.29, 0.717) is 11.6 Å². The molecule has 1 aromatic heterocycles. The van der Waals surface area contributed by atoms with Crippen molar-refractivity contribution in [2.75, 3.05) is 18.4 Å². The molecule has 3 aromatic rings. The minimum absolute atomic E-state index is 0.0108. The lowest BCUT2D eigenvalue weighted by molar-refractivity contribution is -0.117. The van der Waals surface area contributed by atoms with E-state index >= 15 is 0 Å². The largest absolute Gasteiger partial charge is 0.325 e. The molecular weight excluding hydrogens is 366 g/mol. The summed E-state index contributed by atoms with van der Waals surface area (Å²) in [4.78, 5) is 19.6. The van der Waals surface area contributed by atoms with Crippen LogP contribution < -0.4 is 5.32 Å². The number of likely N-dealkylation sites (tertiary alicyclic amines) is 1. The highest BCUT2D eigenvalue weighted by atomic mass is 35.5. The Morgan fingerprint density at radius 2 is 2.19 bits per heavy atom. The number of aromatic nitrogens is 1. The van der Waals surface area contributed by atoms with Gasteiger partial charge in [0.25, 0.3) is 0 Å². The van der Waals surface area contributed by atoms with Gasteiger partial charge in [-0.3, -0.25) is 9.69 Å². The number of aryl methyl sites for hydroxylation is 1. The van der Waals surface area contributed by atoms with E-state index in [9.17, 15) is 4.79 Å². The number of nitrogens with zero attached hydrogens (tertiary/aromatic N) is 2. The van der Waals surface area contributed by atoms with Crippen LogP contribution in [0.4, 0.5) is 5.69 Å². The number of carbonyl (C=O) groups is 1. The summed E-state index contributed by atoms with van der Waals surface area (Å²) in [6.45, 7) is 3.25. The molecule has 2 aromatic carbocycles. The molecule has 1 amide bonds. The number of thiazole rings is 1. The number of fused-ring (bicyclic) bond motifs is 1. The number of carbonyl (C=O) groups excluding carboxylic acids is 1. The van der Waals surface area contributed by atoms with E-state index in [1.54, 1.807) is 17.4 Å². The van der Waals surface area contributed by atoms with Gasteiger partial charge in [-0.05, 0) is 56.1 Å². The Morgan fingerprint density at radius 1 is 1.35 bits per heavy atom. The summed E-state index contributed by atoms with van der Waals surface area (Å²) in [6, 6.07) is 14.0. The van der Waals surface area contributed by atoms with Gasteiger partial charge in [0.1, 0.15) is 5.01 Å². The fourth-order valence-corrected chi connectivity index (χ4v) is 4.74. The van der Waals surface area contributed by atoms with Crippen LogP contribution in [0.5, 0.6) is 0 Å². The number of hydrogen-bond donors (Lipinski definition) is 1. The average Bonchev–Trinajstić information content (AvgIpc) is 3.24. The molecular formula is C20H20ClN3OS. The topological polar surface area (TPSA) is 45.2 Å². The second-order valence-electron chi connectivity index (χ2n) is 6.66. The molecule has 0 bridgehead atoms. The molecule has 1 aliphatic rings. The lowest BCUT2D eigenvalue weighted by atomic mass is 10.2. The van der Waals surface area contributed by atoms with Crippen molar-refractivity contribution in [1.82, 2.24) is 9.88 Å². The van der Waals surface area contributed by atoms with Crippen LogP contribution in [0.1, 0.15) is 29.5 Å². The zero-order valence-corrected chi connectivity index (χ0v) is 16.1. The van der Waals surface area contributed by atoms with Gasteiger partial charge < -0.3 is 5.32 Å². The number of para-hydroxylation sites is 1. The summed E-state index contributed by atoms with van der Waals surface area (Å²) in [6.07, 6.45) is 2.13. The number of rotatable bonds is 4. The van der Waals surface area contributed by atoms with Gasteiger partial charge in [-0.1, -0.05) is 29.8 Å². The highest BCUT2D eigenvalue weighted by Crippen LogP contribution is 2.36. The number of benzene rings is 2. The maximum absolute atomic E-state index is 12.6. The summed E-state index contributed by atoms with van der Waals surface area (Å²) in [5.74, 6) is -0.0108. The Kier molecular flexibility index (Phi) is 4.94. The fourth-order valence-electron chi connectivity index (χ4n) is 3.43. The van der Waals surface area contributed by atoms with Crippen molar-refractivity contribution in [3.63, 3.8) is 0 Å². The molecule has 1 unspecified atom stereocenters. The van der Waals surface area contributed by atoms with Gasteiger partial charge in [-0.25, -0.2) is 4.98 Å². The Hall–Kier alpha value is -1.95. The quantitative estimate of drug-likeness (QED) is 0.684. The molecule has 26 heavy (non-hydrogen) atoms. The summed E-state index contributed by atoms with van der Waals surface area (Å²) >= 11 is 7.78. The zero-order valence-electron chi connectivity index (χ0n) is 14.5. The van der Waals surface area contributed by atoms with Gasteiger partial charge in [0.05, 0.1) is 22.8 Å². The highest BCUT2D eigenvalue weighted by Gasteiger charge is 2.30. The van der Waals surface area contributed by atoms with Gasteiger partial charge in [0.2, 0.25) is 5.91 Å². The minimum atomic E-state index is -0.0108. The third-order valence-electron chi connectivity index (χ3n) is 4.78. The Labute approximate surface area is 161 Å². The van der Waals surface area contributed by atoms with Gasteiger partial charge in [-0.2, -0.15) is 0 Å². The zero-order chi connectivity index (χ0) is 18.1. The van der Waals surface area contributed by atoms with E-state index in [0.717, 1.165) is 41.2 Å².